The molecule has 0 bridgehead atoms. The van der Waals surface area contributed by atoms with Gasteiger partial charge < -0.3 is 10.2 Å². The molecule has 0 spiro atoms. The van der Waals surface area contributed by atoms with Crippen molar-refractivity contribution in [1.82, 2.24) is 15.2 Å². The summed E-state index contributed by atoms with van der Waals surface area (Å²) in [6.45, 7) is 3.23. The van der Waals surface area contributed by atoms with Crippen LogP contribution in [0.2, 0.25) is 0 Å². The lowest BCUT2D eigenvalue weighted by Crippen LogP contribution is -2.48. The quantitative estimate of drug-likeness (QED) is 0.794. The van der Waals surface area contributed by atoms with Gasteiger partial charge in [-0.15, -0.1) is 0 Å². The van der Waals surface area contributed by atoms with E-state index in [0.717, 1.165) is 44.6 Å². The summed E-state index contributed by atoms with van der Waals surface area (Å²) >= 11 is 0. The summed E-state index contributed by atoms with van der Waals surface area (Å²) in [6, 6.07) is 16.8. The molecule has 1 N–H and O–H groups in total. The summed E-state index contributed by atoms with van der Waals surface area (Å²) in [5.74, 6) is 0.145. The van der Waals surface area contributed by atoms with Crippen LogP contribution in [0, 0.1) is 0 Å². The molecule has 0 radical (unpaired) electrons. The molecule has 2 heterocycles. The van der Waals surface area contributed by atoms with Crippen LogP contribution in [0.5, 0.6) is 0 Å². The van der Waals surface area contributed by atoms with E-state index in [9.17, 15) is 4.79 Å². The van der Waals surface area contributed by atoms with Crippen molar-refractivity contribution in [3.63, 3.8) is 0 Å². The first-order valence-corrected chi connectivity index (χ1v) is 9.75. The van der Waals surface area contributed by atoms with Gasteiger partial charge in [0, 0.05) is 30.9 Å². The second-order valence-corrected chi connectivity index (χ2v) is 7.12. The number of aromatic nitrogens is 1. The first-order valence-electron chi connectivity index (χ1n) is 9.75. The second kappa shape index (κ2) is 10.1. The van der Waals surface area contributed by atoms with Crippen LogP contribution in [0.4, 0.5) is 0 Å². The summed E-state index contributed by atoms with van der Waals surface area (Å²) in [6.07, 6.45) is 7.55. The van der Waals surface area contributed by atoms with Gasteiger partial charge in [-0.3, -0.25) is 9.78 Å². The van der Waals surface area contributed by atoms with Gasteiger partial charge in [-0.25, -0.2) is 0 Å². The Balaban J connectivity index is 1.35. The van der Waals surface area contributed by atoms with Crippen molar-refractivity contribution >= 4 is 5.91 Å². The average molecular weight is 351 g/mol. The molecule has 0 saturated carbocycles. The molecular formula is C22H29N3O. The normalized spacial score (nSPS) is 17.8. The maximum absolute atomic E-state index is 12.2. The second-order valence-electron chi connectivity index (χ2n) is 7.12. The van der Waals surface area contributed by atoms with Crippen LogP contribution < -0.4 is 5.32 Å². The van der Waals surface area contributed by atoms with E-state index < -0.39 is 0 Å². The van der Waals surface area contributed by atoms with Gasteiger partial charge in [0.2, 0.25) is 5.91 Å². The number of pyridine rings is 1. The summed E-state index contributed by atoms with van der Waals surface area (Å²) in [5.41, 5.74) is 2.39. The molecule has 1 amide bonds. The first kappa shape index (κ1) is 18.6. The van der Waals surface area contributed by atoms with Crippen molar-refractivity contribution in [2.24, 2.45) is 0 Å². The van der Waals surface area contributed by atoms with Crippen molar-refractivity contribution in [2.45, 2.75) is 44.6 Å². The third-order valence-electron chi connectivity index (χ3n) is 4.99. The molecule has 1 aromatic carbocycles. The van der Waals surface area contributed by atoms with Gasteiger partial charge in [0.15, 0.2) is 0 Å². The molecular weight excluding hydrogens is 322 g/mol. The number of likely N-dealkylation sites (tertiary alicyclic amines) is 1. The third kappa shape index (κ3) is 6.26. The molecule has 138 valence electrons. The Morgan fingerprint density at radius 2 is 1.96 bits per heavy atom. The number of aryl methyl sites for hydroxylation is 2. The minimum absolute atomic E-state index is 0.145. The van der Waals surface area contributed by atoms with Crippen LogP contribution >= 0.6 is 0 Å². The van der Waals surface area contributed by atoms with E-state index in [0.29, 0.717) is 12.8 Å². The number of rotatable bonds is 8. The summed E-state index contributed by atoms with van der Waals surface area (Å²) < 4.78 is 0. The predicted molar refractivity (Wildman–Crippen MR) is 105 cm³/mol. The number of nitrogens with one attached hydrogen (secondary N) is 1. The molecule has 1 saturated heterocycles. The van der Waals surface area contributed by atoms with Gasteiger partial charge in [0.25, 0.3) is 0 Å². The molecule has 0 unspecified atom stereocenters. The van der Waals surface area contributed by atoms with Crippen LogP contribution in [0.3, 0.4) is 0 Å². The number of piperidine rings is 1. The molecule has 1 atom stereocenters. The van der Waals surface area contributed by atoms with Crippen LogP contribution in [0.1, 0.15) is 36.9 Å². The summed E-state index contributed by atoms with van der Waals surface area (Å²) in [4.78, 5) is 19.0. The van der Waals surface area contributed by atoms with Crippen LogP contribution in [-0.4, -0.2) is 41.5 Å². The number of carbonyl (C=O) groups is 1. The van der Waals surface area contributed by atoms with E-state index in [1.54, 1.807) is 6.20 Å². The fourth-order valence-electron chi connectivity index (χ4n) is 3.62. The first-order chi connectivity index (χ1) is 12.8. The van der Waals surface area contributed by atoms with E-state index in [1.807, 2.05) is 18.2 Å². The molecule has 26 heavy (non-hydrogen) atoms. The van der Waals surface area contributed by atoms with Crippen LogP contribution in [-0.2, 0) is 17.6 Å². The number of benzene rings is 1. The largest absolute Gasteiger partial charge is 0.352 e. The fraction of sp³-hybridized carbons (Fsp3) is 0.455. The number of nitrogens with zero attached hydrogens (tertiary/aromatic N) is 2. The Kier molecular flexibility index (Phi) is 7.20. The van der Waals surface area contributed by atoms with Crippen LogP contribution in [0.15, 0.2) is 54.7 Å². The van der Waals surface area contributed by atoms with Gasteiger partial charge in [0.05, 0.1) is 0 Å². The molecule has 1 aromatic heterocycles. The van der Waals surface area contributed by atoms with Gasteiger partial charge in [-0.1, -0.05) is 36.4 Å². The highest BCUT2D eigenvalue weighted by Crippen LogP contribution is 2.12. The van der Waals surface area contributed by atoms with Crippen molar-refractivity contribution in [3.05, 3.63) is 66.0 Å². The highest BCUT2D eigenvalue weighted by atomic mass is 16.1. The summed E-state index contributed by atoms with van der Waals surface area (Å²) in [7, 11) is 0. The molecule has 1 aliphatic heterocycles. The van der Waals surface area contributed by atoms with Crippen molar-refractivity contribution in [2.75, 3.05) is 19.6 Å². The van der Waals surface area contributed by atoms with Gasteiger partial charge in [-0.2, -0.15) is 0 Å². The number of hydrogen-bond acceptors (Lipinski definition) is 3. The van der Waals surface area contributed by atoms with E-state index in [1.165, 1.54) is 12.0 Å². The Morgan fingerprint density at radius 3 is 2.77 bits per heavy atom. The van der Waals surface area contributed by atoms with Crippen LogP contribution in [0.25, 0.3) is 0 Å². The number of carbonyl (C=O) groups excluding carboxylic acids is 1. The lowest BCUT2D eigenvalue weighted by molar-refractivity contribution is -0.122. The average Bonchev–Trinajstić information content (AvgIpc) is 2.68. The molecule has 1 aliphatic rings. The zero-order valence-electron chi connectivity index (χ0n) is 15.4. The third-order valence-corrected chi connectivity index (χ3v) is 4.99. The van der Waals surface area contributed by atoms with E-state index in [2.05, 4.69) is 45.5 Å². The Morgan fingerprint density at radius 1 is 1.12 bits per heavy atom. The maximum atomic E-state index is 12.2. The summed E-state index contributed by atoms with van der Waals surface area (Å²) in [5, 5.41) is 3.22. The zero-order chi connectivity index (χ0) is 18.0. The van der Waals surface area contributed by atoms with E-state index in [4.69, 9.17) is 0 Å². The minimum Gasteiger partial charge on any atom is -0.352 e. The fourth-order valence-corrected chi connectivity index (χ4v) is 3.62. The standard InChI is InChI=1S/C22H29N3O/c26-22(14-13-20-11-4-5-15-23-20)24-21-12-7-17-25(18-21)16-6-10-19-8-2-1-3-9-19/h1-5,8-9,11,15,21H,6-7,10,12-14,16-18H2,(H,24,26)/t21-/m0/s1. The Labute approximate surface area is 156 Å². The molecule has 1 fully saturated rings. The molecule has 3 rings (SSSR count). The van der Waals surface area contributed by atoms with Gasteiger partial charge in [-0.05, 0) is 62.9 Å². The van der Waals surface area contributed by atoms with Gasteiger partial charge >= 0.3 is 0 Å². The molecule has 4 heteroatoms. The molecule has 0 aliphatic carbocycles. The Bertz CT molecular complexity index is 660. The van der Waals surface area contributed by atoms with E-state index in [-0.39, 0.29) is 11.9 Å². The lowest BCUT2D eigenvalue weighted by Gasteiger charge is -2.33. The highest BCUT2D eigenvalue weighted by Gasteiger charge is 2.20. The van der Waals surface area contributed by atoms with Crippen molar-refractivity contribution in [1.29, 1.82) is 0 Å². The smallest absolute Gasteiger partial charge is 0.220 e. The maximum Gasteiger partial charge on any atom is 0.220 e. The topological polar surface area (TPSA) is 45.2 Å². The number of amides is 1. The van der Waals surface area contributed by atoms with E-state index >= 15 is 0 Å². The number of hydrogen-bond donors (Lipinski definition) is 1. The monoisotopic (exact) mass is 351 g/mol. The van der Waals surface area contributed by atoms with Crippen molar-refractivity contribution in [3.8, 4) is 0 Å². The minimum atomic E-state index is 0.145. The van der Waals surface area contributed by atoms with Gasteiger partial charge in [0.1, 0.15) is 0 Å². The highest BCUT2D eigenvalue weighted by molar-refractivity contribution is 5.76. The predicted octanol–water partition coefficient (Wildman–Crippen LogP) is 3.23. The molecule has 4 nitrogen and oxygen atoms in total. The van der Waals surface area contributed by atoms with Crippen molar-refractivity contribution < 1.29 is 4.79 Å². The zero-order valence-corrected chi connectivity index (χ0v) is 15.4. The Hall–Kier alpha value is -2.20. The molecule has 2 aromatic rings. The lowest BCUT2D eigenvalue weighted by atomic mass is 10.0. The SMILES string of the molecule is O=C(CCc1ccccn1)N[C@H]1CCCN(CCCc2ccccc2)C1.